The van der Waals surface area contributed by atoms with Crippen molar-refractivity contribution in [2.24, 2.45) is 5.73 Å². The molecule has 1 amide bonds. The Morgan fingerprint density at radius 2 is 2.31 bits per heavy atom. The zero-order valence-electron chi connectivity index (χ0n) is 10.4. The Hall–Kier alpha value is -0.220. The van der Waals surface area contributed by atoms with Gasteiger partial charge in [0, 0.05) is 25.0 Å². The van der Waals surface area contributed by atoms with Gasteiger partial charge in [-0.3, -0.25) is 4.79 Å². The summed E-state index contributed by atoms with van der Waals surface area (Å²) in [6.07, 6.45) is 7.17. The van der Waals surface area contributed by atoms with E-state index in [1.807, 2.05) is 11.8 Å². The first-order chi connectivity index (χ1) is 7.66. The van der Waals surface area contributed by atoms with Crippen molar-refractivity contribution in [1.29, 1.82) is 0 Å². The summed E-state index contributed by atoms with van der Waals surface area (Å²) in [6, 6.07) is 0.375. The first kappa shape index (κ1) is 13.8. The summed E-state index contributed by atoms with van der Waals surface area (Å²) in [5, 5.41) is 0. The Labute approximate surface area is 103 Å². The number of nitrogens with two attached hydrogens (primary N) is 1. The smallest absolute Gasteiger partial charge is 0.222 e. The van der Waals surface area contributed by atoms with Gasteiger partial charge in [-0.25, -0.2) is 0 Å². The normalized spacial score (nSPS) is 23.2. The van der Waals surface area contributed by atoms with E-state index in [0.717, 1.165) is 31.6 Å². The topological polar surface area (TPSA) is 46.3 Å². The van der Waals surface area contributed by atoms with Crippen molar-refractivity contribution in [2.45, 2.75) is 51.1 Å². The van der Waals surface area contributed by atoms with Gasteiger partial charge in [0.15, 0.2) is 0 Å². The highest BCUT2D eigenvalue weighted by atomic mass is 32.2. The van der Waals surface area contributed by atoms with Gasteiger partial charge in [0.1, 0.15) is 0 Å². The molecule has 1 rings (SSSR count). The maximum atomic E-state index is 12.0. The molecule has 2 N–H and O–H groups in total. The molecular formula is C12H24N2OS. The molecule has 0 bridgehead atoms. The van der Waals surface area contributed by atoms with Crippen LogP contribution in [0.3, 0.4) is 0 Å². The zero-order chi connectivity index (χ0) is 12.0. The number of carbonyl (C=O) groups is 1. The number of carbonyl (C=O) groups excluding carboxylic acids is 1. The molecule has 4 heteroatoms. The molecule has 1 saturated heterocycles. The number of piperidine rings is 1. The van der Waals surface area contributed by atoms with E-state index in [0.29, 0.717) is 12.3 Å². The molecule has 0 radical (unpaired) electrons. The fraction of sp³-hybridized carbons (Fsp3) is 0.917. The summed E-state index contributed by atoms with van der Waals surface area (Å²) in [5.41, 5.74) is 5.95. The van der Waals surface area contributed by atoms with Gasteiger partial charge in [-0.15, -0.1) is 0 Å². The third-order valence-corrected chi connectivity index (χ3v) is 3.91. The number of thioether (sulfide) groups is 1. The lowest BCUT2D eigenvalue weighted by Gasteiger charge is -2.38. The molecule has 0 aromatic heterocycles. The van der Waals surface area contributed by atoms with Gasteiger partial charge in [-0.2, -0.15) is 11.8 Å². The van der Waals surface area contributed by atoms with E-state index in [9.17, 15) is 4.79 Å². The molecule has 2 atom stereocenters. The molecule has 0 aromatic carbocycles. The van der Waals surface area contributed by atoms with Gasteiger partial charge in [0.25, 0.3) is 0 Å². The highest BCUT2D eigenvalue weighted by molar-refractivity contribution is 7.98. The molecule has 2 unspecified atom stereocenters. The van der Waals surface area contributed by atoms with E-state index in [2.05, 4.69) is 6.26 Å². The van der Waals surface area contributed by atoms with Gasteiger partial charge in [-0.05, 0) is 44.6 Å². The second-order valence-electron chi connectivity index (χ2n) is 4.61. The zero-order valence-corrected chi connectivity index (χ0v) is 11.3. The van der Waals surface area contributed by atoms with Crippen LogP contribution in [-0.2, 0) is 4.79 Å². The van der Waals surface area contributed by atoms with Crippen molar-refractivity contribution in [2.75, 3.05) is 18.6 Å². The third-order valence-electron chi connectivity index (χ3n) is 3.22. The number of nitrogens with zero attached hydrogens (tertiary/aromatic N) is 1. The molecule has 0 aliphatic carbocycles. The van der Waals surface area contributed by atoms with E-state index in [1.165, 1.54) is 6.42 Å². The Bertz CT molecular complexity index is 221. The molecule has 1 heterocycles. The average molecular weight is 244 g/mol. The maximum absolute atomic E-state index is 12.0. The van der Waals surface area contributed by atoms with E-state index in [4.69, 9.17) is 5.73 Å². The first-order valence-electron chi connectivity index (χ1n) is 6.20. The lowest BCUT2D eigenvalue weighted by molar-refractivity contribution is -0.135. The Kier molecular flexibility index (Phi) is 6.21. The number of hydrogen-bond acceptors (Lipinski definition) is 3. The largest absolute Gasteiger partial charge is 0.338 e. The number of hydrogen-bond donors (Lipinski definition) is 1. The number of rotatable bonds is 5. The van der Waals surface area contributed by atoms with Gasteiger partial charge in [0.2, 0.25) is 5.91 Å². The van der Waals surface area contributed by atoms with Gasteiger partial charge in [-0.1, -0.05) is 0 Å². The van der Waals surface area contributed by atoms with Crippen LogP contribution in [-0.4, -0.2) is 41.4 Å². The summed E-state index contributed by atoms with van der Waals surface area (Å²) >= 11 is 1.80. The van der Waals surface area contributed by atoms with Gasteiger partial charge >= 0.3 is 0 Å². The van der Waals surface area contributed by atoms with E-state index < -0.39 is 0 Å². The molecule has 0 aromatic rings. The summed E-state index contributed by atoms with van der Waals surface area (Å²) in [6.45, 7) is 2.92. The molecular weight excluding hydrogens is 220 g/mol. The molecule has 3 nitrogen and oxygen atoms in total. The van der Waals surface area contributed by atoms with Crippen LogP contribution in [0.2, 0.25) is 0 Å². The predicted molar refractivity (Wildman–Crippen MR) is 70.6 cm³/mol. The lowest BCUT2D eigenvalue weighted by atomic mass is 9.96. The van der Waals surface area contributed by atoms with E-state index in [-0.39, 0.29) is 12.1 Å². The fourth-order valence-electron chi connectivity index (χ4n) is 2.33. The van der Waals surface area contributed by atoms with Crippen LogP contribution >= 0.6 is 11.8 Å². The molecule has 1 aliphatic rings. The minimum Gasteiger partial charge on any atom is -0.338 e. The van der Waals surface area contributed by atoms with Crippen LogP contribution in [0.4, 0.5) is 0 Å². The van der Waals surface area contributed by atoms with Crippen molar-refractivity contribution >= 4 is 17.7 Å². The minimum absolute atomic E-state index is 0.102. The predicted octanol–water partition coefficient (Wildman–Crippen LogP) is 1.86. The molecule has 94 valence electrons. The molecule has 0 saturated carbocycles. The molecule has 1 fully saturated rings. The van der Waals surface area contributed by atoms with Crippen LogP contribution < -0.4 is 5.73 Å². The highest BCUT2D eigenvalue weighted by Crippen LogP contribution is 2.20. The standard InChI is InChI=1S/C12H24N2OS/c1-10(13)11-6-3-4-8-14(11)12(15)7-5-9-16-2/h10-11H,3-9,13H2,1-2H3. The minimum atomic E-state index is 0.102. The van der Waals surface area contributed by atoms with Gasteiger partial charge in [0.05, 0.1) is 0 Å². The second kappa shape index (κ2) is 7.17. The quantitative estimate of drug-likeness (QED) is 0.751. The van der Waals surface area contributed by atoms with Crippen molar-refractivity contribution in [1.82, 2.24) is 4.90 Å². The second-order valence-corrected chi connectivity index (χ2v) is 5.59. The lowest BCUT2D eigenvalue weighted by Crippen LogP contribution is -2.51. The van der Waals surface area contributed by atoms with Gasteiger partial charge < -0.3 is 10.6 Å². The number of amides is 1. The fourth-order valence-corrected chi connectivity index (χ4v) is 2.76. The maximum Gasteiger partial charge on any atom is 0.222 e. The highest BCUT2D eigenvalue weighted by Gasteiger charge is 2.28. The van der Waals surface area contributed by atoms with Crippen LogP contribution in [0.15, 0.2) is 0 Å². The monoisotopic (exact) mass is 244 g/mol. The van der Waals surface area contributed by atoms with E-state index >= 15 is 0 Å². The molecule has 16 heavy (non-hydrogen) atoms. The molecule has 0 spiro atoms. The molecule has 1 aliphatic heterocycles. The Balaban J connectivity index is 2.44. The van der Waals surface area contributed by atoms with Crippen molar-refractivity contribution in [3.8, 4) is 0 Å². The summed E-state index contributed by atoms with van der Waals surface area (Å²) in [4.78, 5) is 14.1. The Morgan fingerprint density at radius 1 is 1.56 bits per heavy atom. The summed E-state index contributed by atoms with van der Waals surface area (Å²) < 4.78 is 0. The van der Waals surface area contributed by atoms with Crippen LogP contribution in [0.5, 0.6) is 0 Å². The summed E-state index contributed by atoms with van der Waals surface area (Å²) in [7, 11) is 0. The number of likely N-dealkylation sites (tertiary alicyclic amines) is 1. The van der Waals surface area contributed by atoms with Crippen molar-refractivity contribution in [3.63, 3.8) is 0 Å². The van der Waals surface area contributed by atoms with Crippen LogP contribution in [0.25, 0.3) is 0 Å². The van der Waals surface area contributed by atoms with Crippen LogP contribution in [0, 0.1) is 0 Å². The Morgan fingerprint density at radius 3 is 2.94 bits per heavy atom. The van der Waals surface area contributed by atoms with Crippen molar-refractivity contribution in [3.05, 3.63) is 0 Å². The summed E-state index contributed by atoms with van der Waals surface area (Å²) in [5.74, 6) is 1.37. The first-order valence-corrected chi connectivity index (χ1v) is 7.60. The van der Waals surface area contributed by atoms with E-state index in [1.54, 1.807) is 11.8 Å². The van der Waals surface area contributed by atoms with Crippen molar-refractivity contribution < 1.29 is 4.79 Å². The average Bonchev–Trinajstić information content (AvgIpc) is 2.29. The van der Waals surface area contributed by atoms with Crippen LogP contribution in [0.1, 0.15) is 39.0 Å². The SMILES string of the molecule is CSCCCC(=O)N1CCCCC1C(C)N. The third kappa shape index (κ3) is 3.98.